The number of nitro groups is 1. The predicted molar refractivity (Wildman–Crippen MR) is 124 cm³/mol. The van der Waals surface area contributed by atoms with E-state index < -0.39 is 16.7 Å². The van der Waals surface area contributed by atoms with Gasteiger partial charge < -0.3 is 4.42 Å². The van der Waals surface area contributed by atoms with Crippen molar-refractivity contribution >= 4 is 23.6 Å². The molecule has 0 saturated carbocycles. The van der Waals surface area contributed by atoms with E-state index in [0.29, 0.717) is 17.1 Å². The first-order valence-corrected chi connectivity index (χ1v) is 10.4. The molecule has 34 heavy (non-hydrogen) atoms. The topological polar surface area (TPSA) is 117 Å². The quantitative estimate of drug-likeness (QED) is 0.233. The number of carbonyl (C=O) groups is 2. The molecule has 1 aromatic heterocycles. The molecule has 168 valence electrons. The van der Waals surface area contributed by atoms with Gasteiger partial charge in [-0.25, -0.2) is 0 Å². The fourth-order valence-electron chi connectivity index (χ4n) is 3.62. The average molecular weight is 453 g/mol. The molecule has 0 aliphatic carbocycles. The second-order valence-corrected chi connectivity index (χ2v) is 7.86. The molecule has 8 nitrogen and oxygen atoms in total. The molecule has 1 aliphatic heterocycles. The zero-order valence-electron chi connectivity index (χ0n) is 18.4. The van der Waals surface area contributed by atoms with Crippen LogP contribution >= 0.6 is 0 Å². The van der Waals surface area contributed by atoms with Gasteiger partial charge in [0.05, 0.1) is 11.5 Å². The lowest BCUT2D eigenvalue weighted by molar-refractivity contribution is -0.384. The molecule has 0 saturated heterocycles. The highest BCUT2D eigenvalue weighted by atomic mass is 16.6. The molecule has 2 aromatic carbocycles. The van der Waals surface area contributed by atoms with Gasteiger partial charge in [-0.2, -0.15) is 5.26 Å². The number of nitriles is 1. The maximum atomic E-state index is 13.2. The summed E-state index contributed by atoms with van der Waals surface area (Å²) in [5.74, 6) is -0.346. The number of furan rings is 1. The van der Waals surface area contributed by atoms with Crippen molar-refractivity contribution in [2.24, 2.45) is 0 Å². The third kappa shape index (κ3) is 4.27. The van der Waals surface area contributed by atoms with Crippen LogP contribution in [0.25, 0.3) is 17.4 Å². The number of nitrogens with zero attached hydrogens (tertiary/aromatic N) is 3. The van der Waals surface area contributed by atoms with E-state index in [-0.39, 0.29) is 29.0 Å². The van der Waals surface area contributed by atoms with Gasteiger partial charge in [-0.3, -0.25) is 24.6 Å². The van der Waals surface area contributed by atoms with Crippen LogP contribution in [0.5, 0.6) is 0 Å². The SMILES string of the molecule is CC1=C(C#N)C(=O)N(Cc2ccc(C)cc2)C(=O)/C1=C/c1ccc(-c2ccc([N+](=O)[O-])cc2)o1. The fourth-order valence-corrected chi connectivity index (χ4v) is 3.62. The number of imide groups is 1. The summed E-state index contributed by atoms with van der Waals surface area (Å²) < 4.78 is 5.82. The summed E-state index contributed by atoms with van der Waals surface area (Å²) in [4.78, 5) is 37.5. The summed E-state index contributed by atoms with van der Waals surface area (Å²) in [7, 11) is 0. The number of benzene rings is 2. The highest BCUT2D eigenvalue weighted by Gasteiger charge is 2.35. The molecule has 4 rings (SSSR count). The number of nitro benzene ring substituents is 1. The second-order valence-electron chi connectivity index (χ2n) is 7.86. The minimum absolute atomic E-state index is 0.0337. The predicted octanol–water partition coefficient (Wildman–Crippen LogP) is 4.96. The van der Waals surface area contributed by atoms with Crippen molar-refractivity contribution < 1.29 is 18.9 Å². The Kier molecular flexibility index (Phi) is 5.94. The molecule has 3 aromatic rings. The van der Waals surface area contributed by atoms with Crippen LogP contribution in [0.4, 0.5) is 5.69 Å². The Hall–Kier alpha value is -4.77. The minimum Gasteiger partial charge on any atom is -0.457 e. The summed E-state index contributed by atoms with van der Waals surface area (Å²) >= 11 is 0. The van der Waals surface area contributed by atoms with Gasteiger partial charge in [-0.15, -0.1) is 0 Å². The van der Waals surface area contributed by atoms with E-state index in [2.05, 4.69) is 0 Å². The van der Waals surface area contributed by atoms with Crippen LogP contribution in [-0.4, -0.2) is 21.6 Å². The Bertz CT molecular complexity index is 1400. The number of aryl methyl sites for hydroxylation is 1. The molecule has 0 fully saturated rings. The third-order valence-corrected chi connectivity index (χ3v) is 5.56. The zero-order valence-corrected chi connectivity index (χ0v) is 18.4. The van der Waals surface area contributed by atoms with Gasteiger partial charge in [-0.1, -0.05) is 29.8 Å². The number of carbonyl (C=O) groups excluding carboxylic acids is 2. The average Bonchev–Trinajstić information content (AvgIpc) is 3.30. The van der Waals surface area contributed by atoms with Crippen molar-refractivity contribution in [3.63, 3.8) is 0 Å². The van der Waals surface area contributed by atoms with Crippen LogP contribution < -0.4 is 0 Å². The van der Waals surface area contributed by atoms with Gasteiger partial charge in [0, 0.05) is 23.3 Å². The fraction of sp³-hybridized carbons (Fsp3) is 0.115. The lowest BCUT2D eigenvalue weighted by Crippen LogP contribution is -2.42. The van der Waals surface area contributed by atoms with Crippen molar-refractivity contribution in [2.75, 3.05) is 0 Å². The van der Waals surface area contributed by atoms with E-state index >= 15 is 0 Å². The zero-order chi connectivity index (χ0) is 24.4. The van der Waals surface area contributed by atoms with E-state index in [9.17, 15) is 25.0 Å². The lowest BCUT2D eigenvalue weighted by atomic mass is 9.94. The van der Waals surface area contributed by atoms with Crippen LogP contribution in [0, 0.1) is 28.4 Å². The van der Waals surface area contributed by atoms with Gasteiger partial charge >= 0.3 is 0 Å². The highest BCUT2D eigenvalue weighted by Crippen LogP contribution is 2.30. The Morgan fingerprint density at radius 3 is 2.29 bits per heavy atom. The Morgan fingerprint density at radius 2 is 1.68 bits per heavy atom. The second kappa shape index (κ2) is 9.00. The number of rotatable bonds is 5. The van der Waals surface area contributed by atoms with Gasteiger partial charge in [-0.05, 0) is 55.3 Å². The van der Waals surface area contributed by atoms with Crippen LogP contribution in [-0.2, 0) is 16.1 Å². The largest absolute Gasteiger partial charge is 0.457 e. The molecule has 0 unspecified atom stereocenters. The van der Waals surface area contributed by atoms with Crippen molar-refractivity contribution in [1.82, 2.24) is 4.90 Å². The molecule has 2 heterocycles. The van der Waals surface area contributed by atoms with Crippen LogP contribution in [0.15, 0.2) is 81.8 Å². The lowest BCUT2D eigenvalue weighted by Gasteiger charge is -2.27. The van der Waals surface area contributed by atoms with Crippen LogP contribution in [0.2, 0.25) is 0 Å². The first-order chi connectivity index (χ1) is 16.3. The van der Waals surface area contributed by atoms with Crippen molar-refractivity contribution in [3.8, 4) is 17.4 Å². The Morgan fingerprint density at radius 1 is 1.00 bits per heavy atom. The van der Waals surface area contributed by atoms with Crippen molar-refractivity contribution in [3.05, 3.63) is 104 Å². The molecule has 8 heteroatoms. The molecule has 1 aliphatic rings. The van der Waals surface area contributed by atoms with Gasteiger partial charge in [0.2, 0.25) is 0 Å². The van der Waals surface area contributed by atoms with Gasteiger partial charge in [0.25, 0.3) is 17.5 Å². The summed E-state index contributed by atoms with van der Waals surface area (Å²) in [5.41, 5.74) is 2.79. The molecule has 0 bridgehead atoms. The minimum atomic E-state index is -0.631. The molecule has 0 N–H and O–H groups in total. The van der Waals surface area contributed by atoms with E-state index in [1.807, 2.05) is 37.3 Å². The van der Waals surface area contributed by atoms with E-state index in [1.54, 1.807) is 31.2 Å². The number of amides is 2. The van der Waals surface area contributed by atoms with Crippen LogP contribution in [0.3, 0.4) is 0 Å². The summed E-state index contributed by atoms with van der Waals surface area (Å²) in [6, 6.07) is 18.6. The third-order valence-electron chi connectivity index (χ3n) is 5.56. The number of hydrogen-bond donors (Lipinski definition) is 0. The van der Waals surface area contributed by atoms with Crippen LogP contribution in [0.1, 0.15) is 23.8 Å². The first-order valence-electron chi connectivity index (χ1n) is 10.4. The summed E-state index contributed by atoms with van der Waals surface area (Å²) in [6.45, 7) is 3.54. The molecule has 2 amide bonds. The number of non-ortho nitro benzene ring substituents is 1. The summed E-state index contributed by atoms with van der Waals surface area (Å²) in [6.07, 6.45) is 1.50. The standard InChI is InChI=1S/C26H19N3O5/c1-16-3-5-18(6-4-16)15-28-25(30)22(17(2)23(14-27)26(28)31)13-21-11-12-24(34-21)19-7-9-20(10-8-19)29(32)33/h3-13H,15H2,1-2H3/b22-13+. The highest BCUT2D eigenvalue weighted by molar-refractivity contribution is 6.19. The summed E-state index contributed by atoms with van der Waals surface area (Å²) in [5, 5.41) is 20.4. The molecule has 0 atom stereocenters. The molecular weight excluding hydrogens is 434 g/mol. The van der Waals surface area contributed by atoms with E-state index in [1.165, 1.54) is 18.2 Å². The normalized spacial score (nSPS) is 15.1. The van der Waals surface area contributed by atoms with Crippen molar-refractivity contribution in [2.45, 2.75) is 20.4 Å². The molecule has 0 spiro atoms. The van der Waals surface area contributed by atoms with E-state index in [4.69, 9.17) is 4.42 Å². The first kappa shape index (κ1) is 22.4. The maximum absolute atomic E-state index is 13.2. The maximum Gasteiger partial charge on any atom is 0.271 e. The Balaban J connectivity index is 1.67. The monoisotopic (exact) mass is 453 g/mol. The molecule has 0 radical (unpaired) electrons. The number of hydrogen-bond acceptors (Lipinski definition) is 6. The smallest absolute Gasteiger partial charge is 0.271 e. The van der Waals surface area contributed by atoms with Gasteiger partial charge in [0.1, 0.15) is 23.2 Å². The van der Waals surface area contributed by atoms with E-state index in [0.717, 1.165) is 16.0 Å². The Labute approximate surface area is 195 Å². The van der Waals surface area contributed by atoms with Crippen molar-refractivity contribution in [1.29, 1.82) is 5.26 Å². The molecular formula is C26H19N3O5. The van der Waals surface area contributed by atoms with Gasteiger partial charge in [0.15, 0.2) is 0 Å².